The maximum absolute atomic E-state index is 6.20. The number of nitrogens with two attached hydrogens (primary N) is 1. The lowest BCUT2D eigenvalue weighted by atomic mass is 10.2. The Morgan fingerprint density at radius 3 is 2.65 bits per heavy atom. The minimum atomic E-state index is 0.395. The number of halogens is 2. The van der Waals surface area contributed by atoms with Crippen molar-refractivity contribution in [3.8, 4) is 17.1 Å². The monoisotopic (exact) mass is 305 g/mol. The van der Waals surface area contributed by atoms with Gasteiger partial charge in [0.1, 0.15) is 0 Å². The summed E-state index contributed by atoms with van der Waals surface area (Å²) >= 11 is 12.2. The largest absolute Gasteiger partial charge is 0.399 e. The predicted octanol–water partition coefficient (Wildman–Crippen LogP) is 3.22. The van der Waals surface area contributed by atoms with Crippen molar-refractivity contribution in [1.29, 1.82) is 0 Å². The van der Waals surface area contributed by atoms with Crippen molar-refractivity contribution in [2.75, 3.05) is 5.73 Å². The lowest BCUT2D eigenvalue weighted by molar-refractivity contribution is 0.791. The Labute approximate surface area is 124 Å². The third kappa shape index (κ3) is 2.21. The van der Waals surface area contributed by atoms with Crippen LogP contribution in [0.3, 0.4) is 0 Å². The molecule has 0 aliphatic rings. The summed E-state index contributed by atoms with van der Waals surface area (Å²) < 4.78 is 1.53. The molecule has 0 saturated carbocycles. The molecule has 3 aromatic rings. The molecule has 2 aromatic carbocycles. The van der Waals surface area contributed by atoms with Crippen LogP contribution in [0.25, 0.3) is 17.1 Å². The molecule has 3 rings (SSSR count). The third-order valence-corrected chi connectivity index (χ3v) is 3.58. The van der Waals surface area contributed by atoms with Crippen molar-refractivity contribution < 1.29 is 0 Å². The van der Waals surface area contributed by atoms with Crippen LogP contribution in [-0.2, 0) is 0 Å². The highest BCUT2D eigenvalue weighted by atomic mass is 35.5. The van der Waals surface area contributed by atoms with Gasteiger partial charge < -0.3 is 5.73 Å². The summed E-state index contributed by atoms with van der Waals surface area (Å²) in [5.74, 6) is 0.543. The SMILES string of the molecule is Nc1cccc(-c2nnnn2-c2cccc(Cl)c2Cl)c1. The molecule has 1 heterocycles. The van der Waals surface area contributed by atoms with Crippen LogP contribution in [0.4, 0.5) is 5.69 Å². The second-order valence-corrected chi connectivity index (χ2v) is 4.90. The fraction of sp³-hybridized carbons (Fsp3) is 0. The molecule has 0 amide bonds. The fourth-order valence-corrected chi connectivity index (χ4v) is 2.24. The Morgan fingerprint density at radius 1 is 1.05 bits per heavy atom. The van der Waals surface area contributed by atoms with E-state index in [4.69, 9.17) is 28.9 Å². The fourth-order valence-electron chi connectivity index (χ4n) is 1.86. The summed E-state index contributed by atoms with van der Waals surface area (Å²) in [6.45, 7) is 0. The average Bonchev–Trinajstić information content (AvgIpc) is 2.91. The summed E-state index contributed by atoms with van der Waals surface area (Å²) in [6, 6.07) is 12.6. The number of hydrogen-bond donors (Lipinski definition) is 1. The summed E-state index contributed by atoms with van der Waals surface area (Å²) in [4.78, 5) is 0. The number of nitrogens with zero attached hydrogens (tertiary/aromatic N) is 4. The summed E-state index contributed by atoms with van der Waals surface area (Å²) in [6.07, 6.45) is 0. The van der Waals surface area contributed by atoms with Crippen LogP contribution in [0.2, 0.25) is 10.0 Å². The zero-order chi connectivity index (χ0) is 14.1. The van der Waals surface area contributed by atoms with Crippen molar-refractivity contribution in [2.45, 2.75) is 0 Å². The van der Waals surface area contributed by atoms with Crippen LogP contribution in [-0.4, -0.2) is 20.2 Å². The van der Waals surface area contributed by atoms with E-state index in [-0.39, 0.29) is 0 Å². The highest BCUT2D eigenvalue weighted by molar-refractivity contribution is 6.43. The van der Waals surface area contributed by atoms with Gasteiger partial charge in [0.15, 0.2) is 5.82 Å². The summed E-state index contributed by atoms with van der Waals surface area (Å²) in [5, 5.41) is 12.5. The minimum absolute atomic E-state index is 0.395. The number of nitrogen functional groups attached to an aromatic ring is 1. The van der Waals surface area contributed by atoms with E-state index in [1.807, 2.05) is 12.1 Å². The highest BCUT2D eigenvalue weighted by Crippen LogP contribution is 2.30. The molecule has 0 bridgehead atoms. The lowest BCUT2D eigenvalue weighted by Crippen LogP contribution is -2.01. The molecule has 2 N–H and O–H groups in total. The Kier molecular flexibility index (Phi) is 3.30. The van der Waals surface area contributed by atoms with Crippen molar-refractivity contribution in [3.63, 3.8) is 0 Å². The standard InChI is InChI=1S/C13H9Cl2N5/c14-10-5-2-6-11(12(10)15)20-13(17-18-19-20)8-3-1-4-9(16)7-8/h1-7H,16H2. The molecule has 0 radical (unpaired) electrons. The Bertz CT molecular complexity index is 769. The molecule has 0 aliphatic heterocycles. The van der Waals surface area contributed by atoms with E-state index in [0.29, 0.717) is 27.2 Å². The van der Waals surface area contributed by atoms with E-state index in [1.165, 1.54) is 4.68 Å². The Balaban J connectivity index is 2.18. The number of rotatable bonds is 2. The molecule has 0 atom stereocenters. The second kappa shape index (κ2) is 5.11. The number of tetrazole rings is 1. The number of anilines is 1. The molecule has 0 fully saturated rings. The van der Waals surface area contributed by atoms with Gasteiger partial charge in [-0.1, -0.05) is 41.4 Å². The minimum Gasteiger partial charge on any atom is -0.399 e. The van der Waals surface area contributed by atoms with Crippen molar-refractivity contribution >= 4 is 28.9 Å². The molecule has 100 valence electrons. The number of benzene rings is 2. The van der Waals surface area contributed by atoms with Gasteiger partial charge in [-0.25, -0.2) is 0 Å². The zero-order valence-corrected chi connectivity index (χ0v) is 11.7. The molecule has 7 heteroatoms. The van der Waals surface area contributed by atoms with E-state index in [0.717, 1.165) is 5.56 Å². The van der Waals surface area contributed by atoms with E-state index < -0.39 is 0 Å². The maximum Gasteiger partial charge on any atom is 0.187 e. The van der Waals surface area contributed by atoms with Crippen LogP contribution < -0.4 is 5.73 Å². The molecule has 0 saturated heterocycles. The Hall–Kier alpha value is -2.11. The molecule has 20 heavy (non-hydrogen) atoms. The zero-order valence-electron chi connectivity index (χ0n) is 10.2. The first-order valence-corrected chi connectivity index (χ1v) is 6.51. The second-order valence-electron chi connectivity index (χ2n) is 4.11. The van der Waals surface area contributed by atoms with Gasteiger partial charge in [0.25, 0.3) is 0 Å². The quantitative estimate of drug-likeness (QED) is 0.738. The topological polar surface area (TPSA) is 69.6 Å². The van der Waals surface area contributed by atoms with Crippen molar-refractivity contribution in [2.24, 2.45) is 0 Å². The summed E-state index contributed by atoms with van der Waals surface area (Å²) in [7, 11) is 0. The van der Waals surface area contributed by atoms with Gasteiger partial charge >= 0.3 is 0 Å². The molecule has 1 aromatic heterocycles. The maximum atomic E-state index is 6.20. The van der Waals surface area contributed by atoms with E-state index in [9.17, 15) is 0 Å². The molecule has 0 unspecified atom stereocenters. The van der Waals surface area contributed by atoms with Gasteiger partial charge in [0.2, 0.25) is 0 Å². The number of aromatic nitrogens is 4. The molecule has 0 aliphatic carbocycles. The van der Waals surface area contributed by atoms with E-state index >= 15 is 0 Å². The van der Waals surface area contributed by atoms with Gasteiger partial charge in [-0.3, -0.25) is 0 Å². The van der Waals surface area contributed by atoms with Gasteiger partial charge in [0.05, 0.1) is 15.7 Å². The van der Waals surface area contributed by atoms with Crippen LogP contribution in [0.1, 0.15) is 0 Å². The first kappa shape index (κ1) is 12.9. The van der Waals surface area contributed by atoms with Gasteiger partial charge in [-0.15, -0.1) is 5.10 Å². The molecule has 5 nitrogen and oxygen atoms in total. The first-order chi connectivity index (χ1) is 9.66. The predicted molar refractivity (Wildman–Crippen MR) is 79.0 cm³/mol. The van der Waals surface area contributed by atoms with Gasteiger partial charge in [-0.05, 0) is 34.7 Å². The van der Waals surface area contributed by atoms with Gasteiger partial charge in [-0.2, -0.15) is 4.68 Å². The Morgan fingerprint density at radius 2 is 1.85 bits per heavy atom. The van der Waals surface area contributed by atoms with E-state index in [2.05, 4.69) is 15.5 Å². The normalized spacial score (nSPS) is 10.7. The van der Waals surface area contributed by atoms with Crippen LogP contribution >= 0.6 is 23.2 Å². The van der Waals surface area contributed by atoms with Crippen molar-refractivity contribution in [1.82, 2.24) is 20.2 Å². The highest BCUT2D eigenvalue weighted by Gasteiger charge is 2.14. The van der Waals surface area contributed by atoms with Crippen molar-refractivity contribution in [3.05, 3.63) is 52.5 Å². The van der Waals surface area contributed by atoms with Crippen LogP contribution in [0.15, 0.2) is 42.5 Å². The van der Waals surface area contributed by atoms with Crippen LogP contribution in [0.5, 0.6) is 0 Å². The van der Waals surface area contributed by atoms with Gasteiger partial charge in [0, 0.05) is 11.3 Å². The lowest BCUT2D eigenvalue weighted by Gasteiger charge is -2.07. The van der Waals surface area contributed by atoms with Crippen LogP contribution in [0, 0.1) is 0 Å². The third-order valence-electron chi connectivity index (χ3n) is 2.77. The summed E-state index contributed by atoms with van der Waals surface area (Å²) in [5.41, 5.74) is 7.83. The smallest absolute Gasteiger partial charge is 0.187 e. The van der Waals surface area contributed by atoms with E-state index in [1.54, 1.807) is 30.3 Å². The first-order valence-electron chi connectivity index (χ1n) is 5.75. The molecular formula is C13H9Cl2N5. The number of hydrogen-bond acceptors (Lipinski definition) is 4. The average molecular weight is 306 g/mol. The molecule has 0 spiro atoms. The molecular weight excluding hydrogens is 297 g/mol.